The van der Waals surface area contributed by atoms with Gasteiger partial charge in [0.05, 0.1) is 11.0 Å². The third-order valence-electron chi connectivity index (χ3n) is 4.18. The van der Waals surface area contributed by atoms with E-state index in [0.29, 0.717) is 16.9 Å². The van der Waals surface area contributed by atoms with Gasteiger partial charge in [0, 0.05) is 25.0 Å². The molecule has 0 unspecified atom stereocenters. The summed E-state index contributed by atoms with van der Waals surface area (Å²) in [5, 5.41) is 0.893. The van der Waals surface area contributed by atoms with E-state index < -0.39 is 0 Å². The van der Waals surface area contributed by atoms with Crippen molar-refractivity contribution in [2.24, 2.45) is 14.1 Å². The summed E-state index contributed by atoms with van der Waals surface area (Å²) in [7, 11) is 3.41. The van der Waals surface area contributed by atoms with Gasteiger partial charge in [0.25, 0.3) is 0 Å². The number of hydrogen-bond acceptors (Lipinski definition) is 3. The van der Waals surface area contributed by atoms with E-state index in [2.05, 4.69) is 0 Å². The molecule has 0 amide bonds. The van der Waals surface area contributed by atoms with Crippen molar-refractivity contribution in [2.45, 2.75) is 0 Å². The molecular weight excluding hydrogens is 292 g/mol. The number of ketones is 1. The van der Waals surface area contributed by atoms with Gasteiger partial charge in [0.1, 0.15) is 5.58 Å². The Morgan fingerprint density at radius 3 is 2.48 bits per heavy atom. The van der Waals surface area contributed by atoms with E-state index in [1.165, 1.54) is 4.57 Å². The molecule has 5 nitrogen and oxygen atoms in total. The van der Waals surface area contributed by atoms with Gasteiger partial charge in [-0.1, -0.05) is 18.2 Å². The van der Waals surface area contributed by atoms with Crippen molar-refractivity contribution in [1.29, 1.82) is 0 Å². The molecule has 0 saturated carbocycles. The van der Waals surface area contributed by atoms with Gasteiger partial charge in [-0.25, -0.2) is 4.79 Å². The molecule has 2 heterocycles. The van der Waals surface area contributed by atoms with E-state index >= 15 is 0 Å². The lowest BCUT2D eigenvalue weighted by molar-refractivity contribution is 0.101. The number of carbonyl (C=O) groups is 1. The van der Waals surface area contributed by atoms with Crippen LogP contribution in [0.25, 0.3) is 22.0 Å². The van der Waals surface area contributed by atoms with Gasteiger partial charge < -0.3 is 4.42 Å². The smallest absolute Gasteiger partial charge is 0.328 e. The van der Waals surface area contributed by atoms with Crippen LogP contribution in [-0.2, 0) is 14.1 Å². The predicted octanol–water partition coefficient (Wildman–Crippen LogP) is 2.85. The van der Waals surface area contributed by atoms with Gasteiger partial charge in [-0.05, 0) is 30.3 Å². The first kappa shape index (κ1) is 13.6. The lowest BCUT2D eigenvalue weighted by Crippen LogP contribution is -2.19. The molecule has 0 radical (unpaired) electrons. The summed E-state index contributed by atoms with van der Waals surface area (Å²) in [5.41, 5.74) is 2.58. The van der Waals surface area contributed by atoms with E-state index in [0.717, 1.165) is 16.4 Å². The highest BCUT2D eigenvalue weighted by atomic mass is 16.3. The van der Waals surface area contributed by atoms with Crippen LogP contribution in [-0.4, -0.2) is 14.9 Å². The van der Waals surface area contributed by atoms with Crippen LogP contribution in [0.3, 0.4) is 0 Å². The van der Waals surface area contributed by atoms with Crippen LogP contribution in [0, 0.1) is 0 Å². The molecule has 0 N–H and O–H groups in total. The fourth-order valence-electron chi connectivity index (χ4n) is 2.88. The maximum atomic E-state index is 12.7. The molecular formula is C18H14N2O3. The second-order valence-corrected chi connectivity index (χ2v) is 5.58. The van der Waals surface area contributed by atoms with Crippen LogP contribution in [0.2, 0.25) is 0 Å². The van der Waals surface area contributed by atoms with Crippen LogP contribution in [0.1, 0.15) is 16.1 Å². The largest absolute Gasteiger partial charge is 0.453 e. The minimum atomic E-state index is -0.195. The average Bonchev–Trinajstić information content (AvgIpc) is 3.10. The van der Waals surface area contributed by atoms with Crippen molar-refractivity contribution in [1.82, 2.24) is 9.13 Å². The van der Waals surface area contributed by atoms with Crippen molar-refractivity contribution < 1.29 is 9.21 Å². The van der Waals surface area contributed by atoms with Gasteiger partial charge in [-0.3, -0.25) is 13.9 Å². The standard InChI is InChI=1S/C18H14N2O3/c1-19-13-8-7-12(9-14(13)20(2)18(19)22)17(21)16-10-11-5-3-4-6-15(11)23-16/h3-10H,1-2H3. The average molecular weight is 306 g/mol. The van der Waals surface area contributed by atoms with E-state index in [1.807, 2.05) is 24.3 Å². The summed E-state index contributed by atoms with van der Waals surface area (Å²) in [6.07, 6.45) is 0. The van der Waals surface area contributed by atoms with Crippen molar-refractivity contribution in [3.8, 4) is 0 Å². The molecule has 0 aliphatic rings. The number of fused-ring (bicyclic) bond motifs is 2. The Balaban J connectivity index is 1.86. The summed E-state index contributed by atoms with van der Waals surface area (Å²) >= 11 is 0. The topological polar surface area (TPSA) is 57.1 Å². The predicted molar refractivity (Wildman–Crippen MR) is 87.8 cm³/mol. The van der Waals surface area contributed by atoms with Gasteiger partial charge in [-0.15, -0.1) is 0 Å². The van der Waals surface area contributed by atoms with Gasteiger partial charge >= 0.3 is 5.69 Å². The highest BCUT2D eigenvalue weighted by Crippen LogP contribution is 2.22. The summed E-state index contributed by atoms with van der Waals surface area (Å²) in [5.74, 6) is 0.103. The van der Waals surface area contributed by atoms with Crippen LogP contribution in [0.15, 0.2) is 57.7 Å². The Morgan fingerprint density at radius 1 is 0.957 bits per heavy atom. The normalized spacial score (nSPS) is 11.4. The molecule has 0 bridgehead atoms. The minimum absolute atomic E-state index is 0.117. The number of para-hydroxylation sites is 1. The number of imidazole rings is 1. The second kappa shape index (κ2) is 4.71. The monoisotopic (exact) mass is 306 g/mol. The van der Waals surface area contributed by atoms with Gasteiger partial charge in [0.15, 0.2) is 5.76 Å². The van der Waals surface area contributed by atoms with E-state index in [9.17, 15) is 9.59 Å². The van der Waals surface area contributed by atoms with Crippen LogP contribution < -0.4 is 5.69 Å². The molecule has 0 aliphatic heterocycles. The number of aryl methyl sites for hydroxylation is 2. The fraction of sp³-hybridized carbons (Fsp3) is 0.111. The van der Waals surface area contributed by atoms with Crippen molar-refractivity contribution in [3.05, 3.63) is 70.3 Å². The van der Waals surface area contributed by atoms with Crippen molar-refractivity contribution >= 4 is 27.8 Å². The minimum Gasteiger partial charge on any atom is -0.453 e. The molecule has 0 atom stereocenters. The summed E-state index contributed by atoms with van der Waals surface area (Å²) in [4.78, 5) is 24.7. The number of carbonyl (C=O) groups excluding carboxylic acids is 1. The van der Waals surface area contributed by atoms with E-state index in [-0.39, 0.29) is 11.5 Å². The molecule has 4 aromatic rings. The molecule has 0 saturated heterocycles. The Bertz CT molecular complexity index is 1100. The van der Waals surface area contributed by atoms with E-state index in [1.54, 1.807) is 42.9 Å². The van der Waals surface area contributed by atoms with Crippen LogP contribution in [0.4, 0.5) is 0 Å². The number of furan rings is 1. The fourth-order valence-corrected chi connectivity index (χ4v) is 2.88. The Hall–Kier alpha value is -3.08. The van der Waals surface area contributed by atoms with E-state index in [4.69, 9.17) is 4.42 Å². The molecule has 0 spiro atoms. The summed E-state index contributed by atoms with van der Waals surface area (Å²) in [6.45, 7) is 0. The lowest BCUT2D eigenvalue weighted by Gasteiger charge is -2.00. The number of benzene rings is 2. The zero-order valence-electron chi connectivity index (χ0n) is 12.7. The first-order valence-electron chi connectivity index (χ1n) is 7.25. The maximum absolute atomic E-state index is 12.7. The van der Waals surface area contributed by atoms with Crippen LogP contribution >= 0.6 is 0 Å². The zero-order valence-corrected chi connectivity index (χ0v) is 12.7. The van der Waals surface area contributed by atoms with Crippen molar-refractivity contribution in [3.63, 3.8) is 0 Å². The molecule has 2 aromatic heterocycles. The lowest BCUT2D eigenvalue weighted by atomic mass is 10.1. The molecule has 5 heteroatoms. The van der Waals surface area contributed by atoms with Crippen LogP contribution in [0.5, 0.6) is 0 Å². The first-order valence-corrected chi connectivity index (χ1v) is 7.25. The third kappa shape index (κ3) is 1.93. The number of aromatic nitrogens is 2. The Labute approximate surface area is 131 Å². The van der Waals surface area contributed by atoms with Gasteiger partial charge in [-0.2, -0.15) is 0 Å². The Kier molecular flexibility index (Phi) is 2.78. The molecule has 23 heavy (non-hydrogen) atoms. The SMILES string of the molecule is Cn1c(=O)n(C)c2cc(C(=O)c3cc4ccccc4o3)ccc21. The molecule has 0 aliphatic carbocycles. The van der Waals surface area contributed by atoms with Crippen molar-refractivity contribution in [2.75, 3.05) is 0 Å². The quantitative estimate of drug-likeness (QED) is 0.535. The zero-order chi connectivity index (χ0) is 16.1. The highest BCUT2D eigenvalue weighted by Gasteiger charge is 2.17. The number of nitrogens with zero attached hydrogens (tertiary/aromatic N) is 2. The molecule has 2 aromatic carbocycles. The maximum Gasteiger partial charge on any atom is 0.328 e. The Morgan fingerprint density at radius 2 is 1.70 bits per heavy atom. The highest BCUT2D eigenvalue weighted by molar-refractivity contribution is 6.10. The van der Waals surface area contributed by atoms with Gasteiger partial charge in [0.2, 0.25) is 5.78 Å². The third-order valence-corrected chi connectivity index (χ3v) is 4.18. The molecule has 0 fully saturated rings. The molecule has 4 rings (SSSR count). The molecule has 114 valence electrons. The number of rotatable bonds is 2. The first-order chi connectivity index (χ1) is 11.1. The summed E-state index contributed by atoms with van der Waals surface area (Å²) in [6, 6.07) is 14.5. The second-order valence-electron chi connectivity index (χ2n) is 5.58. The summed E-state index contributed by atoms with van der Waals surface area (Å²) < 4.78 is 8.72. The number of hydrogen-bond donors (Lipinski definition) is 0.